The fourth-order valence-electron chi connectivity index (χ4n) is 2.57. The van der Waals surface area contributed by atoms with Gasteiger partial charge in [0.15, 0.2) is 0 Å². The minimum absolute atomic E-state index is 0.710. The molecule has 2 rings (SSSR count). The molecule has 90 valence electrons. The lowest BCUT2D eigenvalue weighted by Gasteiger charge is -2.37. The number of likely N-dealkylation sites (N-methyl/N-ethyl adjacent to an activating group) is 1. The monoisotopic (exact) mass is 223 g/mol. The highest BCUT2D eigenvalue weighted by molar-refractivity contribution is 5.14. The van der Waals surface area contributed by atoms with Crippen molar-refractivity contribution in [3.05, 3.63) is 18.0 Å². The van der Waals surface area contributed by atoms with Crippen LogP contribution < -0.4 is 0 Å². The van der Waals surface area contributed by atoms with Crippen LogP contribution in [-0.2, 0) is 12.1 Å². The molecule has 0 aliphatic carbocycles. The highest BCUT2D eigenvalue weighted by Crippen LogP contribution is 2.30. The van der Waals surface area contributed by atoms with Gasteiger partial charge in [-0.05, 0) is 38.9 Å². The molecule has 1 N–H and O–H groups in total. The molecule has 0 bridgehead atoms. The van der Waals surface area contributed by atoms with E-state index in [0.29, 0.717) is 6.54 Å². The third-order valence-electron chi connectivity index (χ3n) is 3.29. The predicted octanol–water partition coefficient (Wildman–Crippen LogP) is 1.21. The lowest BCUT2D eigenvalue weighted by Crippen LogP contribution is -2.45. The maximum absolute atomic E-state index is 10.7. The Hall–Kier alpha value is -0.870. The Morgan fingerprint density at radius 2 is 2.38 bits per heavy atom. The highest BCUT2D eigenvalue weighted by Gasteiger charge is 2.36. The molecule has 1 aliphatic heterocycles. The molecule has 1 aromatic heterocycles. The van der Waals surface area contributed by atoms with Crippen LogP contribution in [0.4, 0.5) is 0 Å². The Morgan fingerprint density at radius 3 is 3.06 bits per heavy atom. The summed E-state index contributed by atoms with van der Waals surface area (Å²) in [5.74, 6) is 0. The van der Waals surface area contributed by atoms with Gasteiger partial charge in [-0.2, -0.15) is 5.10 Å². The van der Waals surface area contributed by atoms with Crippen molar-refractivity contribution < 1.29 is 5.11 Å². The van der Waals surface area contributed by atoms with Crippen LogP contribution in [-0.4, -0.2) is 39.9 Å². The standard InChI is InChI=1S/C12H21N3O/c1-3-8-15-11(5-7-13-15)12(16)6-4-9-14(2)10-12/h5,7,16H,3-4,6,8-10H2,1-2H3. The fourth-order valence-corrected chi connectivity index (χ4v) is 2.57. The second-order valence-corrected chi connectivity index (χ2v) is 4.81. The largest absolute Gasteiger partial charge is 0.382 e. The number of likely N-dealkylation sites (tertiary alicyclic amines) is 1. The van der Waals surface area contributed by atoms with Gasteiger partial charge in [0.25, 0.3) is 0 Å². The molecule has 1 saturated heterocycles. The fraction of sp³-hybridized carbons (Fsp3) is 0.750. The van der Waals surface area contributed by atoms with Crippen molar-refractivity contribution in [1.82, 2.24) is 14.7 Å². The van der Waals surface area contributed by atoms with Crippen molar-refractivity contribution in [3.63, 3.8) is 0 Å². The highest BCUT2D eigenvalue weighted by atomic mass is 16.3. The van der Waals surface area contributed by atoms with Crippen molar-refractivity contribution in [3.8, 4) is 0 Å². The molecular formula is C12H21N3O. The number of aromatic nitrogens is 2. The van der Waals surface area contributed by atoms with Gasteiger partial charge in [-0.25, -0.2) is 0 Å². The number of β-amino-alcohol motifs (C(OH)–C–C–N with tert-alkyl or cyclic N) is 1. The first kappa shape index (κ1) is 11.6. The van der Waals surface area contributed by atoms with Crippen molar-refractivity contribution >= 4 is 0 Å². The zero-order chi connectivity index (χ0) is 11.6. The molecule has 0 radical (unpaired) electrons. The van der Waals surface area contributed by atoms with E-state index < -0.39 is 5.60 Å². The second-order valence-electron chi connectivity index (χ2n) is 4.81. The Labute approximate surface area is 96.9 Å². The Morgan fingerprint density at radius 1 is 1.56 bits per heavy atom. The molecule has 1 aromatic rings. The number of aryl methyl sites for hydroxylation is 1. The summed E-state index contributed by atoms with van der Waals surface area (Å²) in [6, 6.07) is 1.95. The third-order valence-corrected chi connectivity index (χ3v) is 3.29. The topological polar surface area (TPSA) is 41.3 Å². The lowest BCUT2D eigenvalue weighted by molar-refractivity contribution is -0.0346. The van der Waals surface area contributed by atoms with Crippen LogP contribution in [0, 0.1) is 0 Å². The van der Waals surface area contributed by atoms with E-state index in [0.717, 1.165) is 38.0 Å². The maximum atomic E-state index is 10.7. The summed E-state index contributed by atoms with van der Waals surface area (Å²) < 4.78 is 1.94. The smallest absolute Gasteiger partial charge is 0.119 e. The molecule has 0 spiro atoms. The summed E-state index contributed by atoms with van der Waals surface area (Å²) in [4.78, 5) is 2.19. The number of hydrogen-bond acceptors (Lipinski definition) is 3. The summed E-state index contributed by atoms with van der Waals surface area (Å²) >= 11 is 0. The van der Waals surface area contributed by atoms with Crippen molar-refractivity contribution in [2.24, 2.45) is 0 Å². The Bertz CT molecular complexity index is 350. The SMILES string of the molecule is CCCn1nccc1C1(O)CCCN(C)C1. The number of piperidine rings is 1. The van der Waals surface area contributed by atoms with Crippen molar-refractivity contribution in [2.45, 2.75) is 38.3 Å². The summed E-state index contributed by atoms with van der Waals surface area (Å²) in [5, 5.41) is 15.0. The van der Waals surface area contributed by atoms with Gasteiger partial charge in [-0.3, -0.25) is 4.68 Å². The quantitative estimate of drug-likeness (QED) is 0.837. The zero-order valence-corrected chi connectivity index (χ0v) is 10.2. The van der Waals surface area contributed by atoms with E-state index >= 15 is 0 Å². The van der Waals surface area contributed by atoms with Gasteiger partial charge in [0, 0.05) is 19.3 Å². The summed E-state index contributed by atoms with van der Waals surface area (Å²) in [6.07, 6.45) is 4.72. The van der Waals surface area contributed by atoms with Crippen LogP contribution >= 0.6 is 0 Å². The zero-order valence-electron chi connectivity index (χ0n) is 10.2. The normalized spacial score (nSPS) is 27.2. The number of nitrogens with zero attached hydrogens (tertiary/aromatic N) is 3. The maximum Gasteiger partial charge on any atom is 0.119 e. The van der Waals surface area contributed by atoms with Gasteiger partial charge in [0.05, 0.1) is 5.69 Å². The van der Waals surface area contributed by atoms with Crippen LogP contribution in [0.1, 0.15) is 31.9 Å². The molecule has 0 amide bonds. The molecule has 1 fully saturated rings. The van der Waals surface area contributed by atoms with Crippen LogP contribution in [0.5, 0.6) is 0 Å². The van der Waals surface area contributed by atoms with Gasteiger partial charge in [0.1, 0.15) is 5.60 Å². The third kappa shape index (κ3) is 2.13. The van der Waals surface area contributed by atoms with Gasteiger partial charge in [0.2, 0.25) is 0 Å². The molecule has 4 heteroatoms. The molecule has 1 unspecified atom stereocenters. The molecule has 0 saturated carbocycles. The van der Waals surface area contributed by atoms with Gasteiger partial charge >= 0.3 is 0 Å². The lowest BCUT2D eigenvalue weighted by atomic mass is 9.90. The Balaban J connectivity index is 2.23. The van der Waals surface area contributed by atoms with E-state index in [1.165, 1.54) is 0 Å². The van der Waals surface area contributed by atoms with Gasteiger partial charge < -0.3 is 10.0 Å². The summed E-state index contributed by atoms with van der Waals surface area (Å²) in [6.45, 7) is 4.80. The van der Waals surface area contributed by atoms with E-state index in [2.05, 4.69) is 24.0 Å². The first-order valence-corrected chi connectivity index (χ1v) is 6.09. The predicted molar refractivity (Wildman–Crippen MR) is 63.1 cm³/mol. The minimum Gasteiger partial charge on any atom is -0.382 e. The molecule has 0 aromatic carbocycles. The Kier molecular flexibility index (Phi) is 3.30. The number of rotatable bonds is 3. The minimum atomic E-state index is -0.710. The van der Waals surface area contributed by atoms with Crippen LogP contribution in [0.25, 0.3) is 0 Å². The first-order chi connectivity index (χ1) is 7.65. The molecule has 1 aliphatic rings. The molecule has 1 atom stereocenters. The number of aliphatic hydroxyl groups is 1. The van der Waals surface area contributed by atoms with Crippen molar-refractivity contribution in [1.29, 1.82) is 0 Å². The van der Waals surface area contributed by atoms with Crippen LogP contribution in [0.3, 0.4) is 0 Å². The average Bonchev–Trinajstić information content (AvgIpc) is 2.67. The van der Waals surface area contributed by atoms with Crippen LogP contribution in [0.15, 0.2) is 12.3 Å². The molecular weight excluding hydrogens is 202 g/mol. The average molecular weight is 223 g/mol. The van der Waals surface area contributed by atoms with E-state index in [9.17, 15) is 5.11 Å². The number of hydrogen-bond donors (Lipinski definition) is 1. The molecule has 4 nitrogen and oxygen atoms in total. The second kappa shape index (κ2) is 4.55. The van der Waals surface area contributed by atoms with Crippen LogP contribution in [0.2, 0.25) is 0 Å². The van der Waals surface area contributed by atoms with E-state index in [1.54, 1.807) is 6.20 Å². The first-order valence-electron chi connectivity index (χ1n) is 6.09. The van der Waals surface area contributed by atoms with E-state index in [1.807, 2.05) is 10.7 Å². The van der Waals surface area contributed by atoms with Crippen molar-refractivity contribution in [2.75, 3.05) is 20.1 Å². The van der Waals surface area contributed by atoms with Gasteiger partial charge in [-0.15, -0.1) is 0 Å². The molecule has 16 heavy (non-hydrogen) atoms. The van der Waals surface area contributed by atoms with Gasteiger partial charge in [-0.1, -0.05) is 6.92 Å². The summed E-state index contributed by atoms with van der Waals surface area (Å²) in [5.41, 5.74) is 0.263. The van der Waals surface area contributed by atoms with E-state index in [-0.39, 0.29) is 0 Å². The molecule has 2 heterocycles. The summed E-state index contributed by atoms with van der Waals surface area (Å²) in [7, 11) is 2.06. The van der Waals surface area contributed by atoms with E-state index in [4.69, 9.17) is 0 Å².